The second-order valence-electron chi connectivity index (χ2n) is 5.20. The summed E-state index contributed by atoms with van der Waals surface area (Å²) < 4.78 is 1.66. The fraction of sp³-hybridized carbons (Fsp3) is 0.385. The third-order valence-electron chi connectivity index (χ3n) is 2.42. The van der Waals surface area contributed by atoms with Crippen molar-refractivity contribution < 1.29 is 0 Å². The van der Waals surface area contributed by atoms with E-state index in [0.717, 1.165) is 12.1 Å². The second-order valence-corrected chi connectivity index (χ2v) is 5.61. The van der Waals surface area contributed by atoms with Crippen LogP contribution < -0.4 is 5.32 Å². The Morgan fingerprint density at radius 3 is 2.72 bits per heavy atom. The minimum absolute atomic E-state index is 0.0765. The summed E-state index contributed by atoms with van der Waals surface area (Å²) in [6.07, 6.45) is 5.34. The van der Waals surface area contributed by atoms with Crippen molar-refractivity contribution in [2.75, 3.05) is 0 Å². The highest BCUT2D eigenvalue weighted by Crippen LogP contribution is 2.18. The Bertz CT molecular complexity index is 514. The SMILES string of the molecule is CC(C)(C)NCc1cnc(-n2cccn2)c(Cl)c1. The summed E-state index contributed by atoms with van der Waals surface area (Å²) in [5.41, 5.74) is 1.14. The number of nitrogens with one attached hydrogen (secondary N) is 1. The van der Waals surface area contributed by atoms with Crippen LogP contribution in [0, 0.1) is 0 Å². The Morgan fingerprint density at radius 2 is 2.17 bits per heavy atom. The Morgan fingerprint density at radius 1 is 1.39 bits per heavy atom. The van der Waals surface area contributed by atoms with E-state index in [1.54, 1.807) is 10.9 Å². The molecule has 0 aliphatic heterocycles. The summed E-state index contributed by atoms with van der Waals surface area (Å²) in [5.74, 6) is 0.654. The van der Waals surface area contributed by atoms with Crippen LogP contribution in [0.15, 0.2) is 30.7 Å². The van der Waals surface area contributed by atoms with Gasteiger partial charge < -0.3 is 5.32 Å². The lowest BCUT2D eigenvalue weighted by Crippen LogP contribution is -2.35. The van der Waals surface area contributed by atoms with E-state index in [4.69, 9.17) is 11.6 Å². The van der Waals surface area contributed by atoms with Crippen molar-refractivity contribution >= 4 is 11.6 Å². The van der Waals surface area contributed by atoms with Gasteiger partial charge in [0.2, 0.25) is 0 Å². The third kappa shape index (κ3) is 3.31. The zero-order valence-electron chi connectivity index (χ0n) is 10.8. The van der Waals surface area contributed by atoms with Gasteiger partial charge in [0.15, 0.2) is 5.82 Å². The Balaban J connectivity index is 2.15. The highest BCUT2D eigenvalue weighted by Gasteiger charge is 2.10. The van der Waals surface area contributed by atoms with Crippen LogP contribution in [-0.2, 0) is 6.54 Å². The van der Waals surface area contributed by atoms with Gasteiger partial charge in [-0.15, -0.1) is 0 Å². The van der Waals surface area contributed by atoms with Crippen molar-refractivity contribution in [2.24, 2.45) is 0 Å². The highest BCUT2D eigenvalue weighted by molar-refractivity contribution is 6.32. The number of aromatic nitrogens is 3. The molecule has 2 rings (SSSR count). The molecule has 1 N–H and O–H groups in total. The normalized spacial score (nSPS) is 11.8. The number of hydrogen-bond acceptors (Lipinski definition) is 3. The summed E-state index contributed by atoms with van der Waals surface area (Å²) >= 11 is 6.22. The molecule has 0 spiro atoms. The van der Waals surface area contributed by atoms with Crippen LogP contribution in [0.1, 0.15) is 26.3 Å². The van der Waals surface area contributed by atoms with Crippen LogP contribution in [-0.4, -0.2) is 20.3 Å². The molecule has 2 aromatic heterocycles. The van der Waals surface area contributed by atoms with Crippen LogP contribution in [0.4, 0.5) is 0 Å². The van der Waals surface area contributed by atoms with Crippen LogP contribution in [0.2, 0.25) is 5.02 Å². The van der Waals surface area contributed by atoms with E-state index in [1.165, 1.54) is 0 Å². The van der Waals surface area contributed by atoms with Crippen molar-refractivity contribution in [1.29, 1.82) is 0 Å². The molecule has 0 saturated heterocycles. The van der Waals surface area contributed by atoms with Gasteiger partial charge in [-0.25, -0.2) is 9.67 Å². The molecule has 4 nitrogen and oxygen atoms in total. The molecule has 0 aliphatic rings. The second kappa shape index (κ2) is 5.08. The van der Waals surface area contributed by atoms with Gasteiger partial charge in [-0.1, -0.05) is 11.6 Å². The maximum Gasteiger partial charge on any atom is 0.172 e. The van der Waals surface area contributed by atoms with Crippen LogP contribution >= 0.6 is 11.6 Å². The molecule has 5 heteroatoms. The molecule has 0 radical (unpaired) electrons. The number of hydrogen-bond donors (Lipinski definition) is 1. The first-order valence-corrected chi connectivity index (χ1v) is 6.23. The Kier molecular flexibility index (Phi) is 3.68. The van der Waals surface area contributed by atoms with Gasteiger partial charge in [0.25, 0.3) is 0 Å². The minimum atomic E-state index is 0.0765. The van der Waals surface area contributed by atoms with Gasteiger partial charge in [-0.3, -0.25) is 0 Å². The van der Waals surface area contributed by atoms with Crippen molar-refractivity contribution in [3.05, 3.63) is 41.3 Å². The monoisotopic (exact) mass is 264 g/mol. The maximum absolute atomic E-state index is 6.22. The molecule has 18 heavy (non-hydrogen) atoms. The van der Waals surface area contributed by atoms with Crippen molar-refractivity contribution in [1.82, 2.24) is 20.1 Å². The predicted molar refractivity (Wildman–Crippen MR) is 73.0 cm³/mol. The topological polar surface area (TPSA) is 42.7 Å². The average molecular weight is 265 g/mol. The summed E-state index contributed by atoms with van der Waals surface area (Å²) in [7, 11) is 0. The van der Waals surface area contributed by atoms with Gasteiger partial charge in [0.05, 0.1) is 5.02 Å². The van der Waals surface area contributed by atoms with E-state index in [-0.39, 0.29) is 5.54 Å². The highest BCUT2D eigenvalue weighted by atomic mass is 35.5. The molecule has 96 valence electrons. The minimum Gasteiger partial charge on any atom is -0.308 e. The number of rotatable bonds is 3. The number of halogens is 1. The smallest absolute Gasteiger partial charge is 0.172 e. The zero-order chi connectivity index (χ0) is 13.2. The van der Waals surface area contributed by atoms with Crippen molar-refractivity contribution in [3.63, 3.8) is 0 Å². The summed E-state index contributed by atoms with van der Waals surface area (Å²) in [6, 6.07) is 3.76. The molecule has 0 aliphatic carbocycles. The number of nitrogens with zero attached hydrogens (tertiary/aromatic N) is 3. The zero-order valence-corrected chi connectivity index (χ0v) is 11.6. The van der Waals surface area contributed by atoms with Gasteiger partial charge in [0.1, 0.15) is 0 Å². The molecule has 0 saturated carbocycles. The van der Waals surface area contributed by atoms with Gasteiger partial charge in [-0.2, -0.15) is 5.10 Å². The summed E-state index contributed by atoms with van der Waals surface area (Å²) in [4.78, 5) is 4.35. The lowest BCUT2D eigenvalue weighted by molar-refractivity contribution is 0.424. The van der Waals surface area contributed by atoms with Crippen LogP contribution in [0.5, 0.6) is 0 Å². The third-order valence-corrected chi connectivity index (χ3v) is 2.70. The van der Waals surface area contributed by atoms with E-state index in [1.807, 2.05) is 24.5 Å². The first-order valence-electron chi connectivity index (χ1n) is 5.85. The molecular weight excluding hydrogens is 248 g/mol. The molecular formula is C13H17ClN4. The fourth-order valence-corrected chi connectivity index (χ4v) is 1.77. The molecule has 0 atom stereocenters. The molecule has 0 unspecified atom stereocenters. The number of pyridine rings is 1. The van der Waals surface area contributed by atoms with Crippen LogP contribution in [0.3, 0.4) is 0 Å². The van der Waals surface area contributed by atoms with Crippen molar-refractivity contribution in [2.45, 2.75) is 32.9 Å². The predicted octanol–water partition coefficient (Wildman–Crippen LogP) is 2.81. The molecule has 0 bridgehead atoms. The van der Waals surface area contributed by atoms with Crippen molar-refractivity contribution in [3.8, 4) is 5.82 Å². The largest absolute Gasteiger partial charge is 0.308 e. The molecule has 0 amide bonds. The molecule has 2 aromatic rings. The molecule has 0 fully saturated rings. The maximum atomic E-state index is 6.22. The first-order chi connectivity index (χ1) is 8.46. The molecule has 0 aromatic carbocycles. The first kappa shape index (κ1) is 13.1. The Labute approximate surface area is 112 Å². The van der Waals surface area contributed by atoms with Gasteiger partial charge in [0, 0.05) is 30.7 Å². The average Bonchev–Trinajstić information content (AvgIpc) is 2.79. The molecule has 2 heterocycles. The van der Waals surface area contributed by atoms with E-state index in [2.05, 4.69) is 36.2 Å². The summed E-state index contributed by atoms with van der Waals surface area (Å²) in [6.45, 7) is 7.12. The van der Waals surface area contributed by atoms with Crippen LogP contribution in [0.25, 0.3) is 5.82 Å². The van der Waals surface area contributed by atoms with Gasteiger partial charge in [-0.05, 0) is 38.5 Å². The lowest BCUT2D eigenvalue weighted by Gasteiger charge is -2.20. The van der Waals surface area contributed by atoms with E-state index >= 15 is 0 Å². The van der Waals surface area contributed by atoms with E-state index in [0.29, 0.717) is 10.8 Å². The van der Waals surface area contributed by atoms with E-state index < -0.39 is 0 Å². The fourth-order valence-electron chi connectivity index (χ4n) is 1.50. The quantitative estimate of drug-likeness (QED) is 0.927. The van der Waals surface area contributed by atoms with E-state index in [9.17, 15) is 0 Å². The lowest BCUT2D eigenvalue weighted by atomic mass is 10.1. The summed E-state index contributed by atoms with van der Waals surface area (Å²) in [5, 5.41) is 8.12. The standard InChI is InChI=1S/C13H17ClN4/c1-13(2,3)16-9-10-7-11(14)12(15-8-10)18-6-4-5-17-18/h4-8,16H,9H2,1-3H3. The van der Waals surface area contributed by atoms with Gasteiger partial charge >= 0.3 is 0 Å². The Hall–Kier alpha value is -1.39.